The van der Waals surface area contributed by atoms with Crippen LogP contribution in [0.2, 0.25) is 0 Å². The first-order valence-corrected chi connectivity index (χ1v) is 8.67. The van der Waals surface area contributed by atoms with E-state index in [9.17, 15) is 9.59 Å². The van der Waals surface area contributed by atoms with Crippen LogP contribution in [0.25, 0.3) is 0 Å². The summed E-state index contributed by atoms with van der Waals surface area (Å²) in [6, 6.07) is 2.99. The Morgan fingerprint density at radius 3 is 2.29 bits per heavy atom. The molecule has 1 aromatic rings. The van der Waals surface area contributed by atoms with Crippen LogP contribution >= 0.6 is 47.8 Å². The minimum atomic E-state index is -0.906. The number of anilines is 1. The average Bonchev–Trinajstić information content (AvgIpc) is 3.18. The lowest BCUT2D eigenvalue weighted by molar-refractivity contribution is -0.140. The molecule has 0 bridgehead atoms. The van der Waals surface area contributed by atoms with Crippen LogP contribution in [0, 0.1) is 5.92 Å². The Hall–Kier alpha value is -0.440. The van der Waals surface area contributed by atoms with Gasteiger partial charge in [0.2, 0.25) is 5.91 Å². The Balaban J connectivity index is 1.94. The van der Waals surface area contributed by atoms with E-state index in [1.807, 2.05) is 12.1 Å². The van der Waals surface area contributed by atoms with Gasteiger partial charge in [-0.15, -0.1) is 0 Å². The van der Waals surface area contributed by atoms with E-state index in [2.05, 4.69) is 58.4 Å². The maximum Gasteiger partial charge on any atom is 0.320 e. The highest BCUT2D eigenvalue weighted by Crippen LogP contribution is 2.34. The molecule has 1 aromatic carbocycles. The lowest BCUT2D eigenvalue weighted by Crippen LogP contribution is -2.42. The number of carbonyl (C=O) groups is 2. The van der Waals surface area contributed by atoms with Gasteiger partial charge in [-0.1, -0.05) is 15.9 Å². The van der Waals surface area contributed by atoms with E-state index < -0.39 is 12.0 Å². The Morgan fingerprint density at radius 1 is 1.24 bits per heavy atom. The van der Waals surface area contributed by atoms with E-state index in [-0.39, 0.29) is 18.4 Å². The number of nitrogens with one attached hydrogen (secondary N) is 2. The molecule has 1 saturated carbocycles. The first kappa shape index (κ1) is 16.9. The standard InChI is InChI=1S/C13H13Br3N2O3/c14-7-3-8(15)12(9(16)4-7)18-10(19)5-17-11(13(20)21)6-1-2-6/h3-4,6,11,17H,1-2,5H2,(H,18,19)(H,20,21). The van der Waals surface area contributed by atoms with E-state index in [0.29, 0.717) is 5.69 Å². The van der Waals surface area contributed by atoms with Gasteiger partial charge in [-0.3, -0.25) is 14.9 Å². The normalized spacial score (nSPS) is 15.6. The molecule has 0 aliphatic heterocycles. The van der Waals surface area contributed by atoms with Crippen molar-refractivity contribution in [1.82, 2.24) is 5.32 Å². The van der Waals surface area contributed by atoms with Crippen molar-refractivity contribution in [3.8, 4) is 0 Å². The predicted molar refractivity (Wildman–Crippen MR) is 90.3 cm³/mol. The summed E-state index contributed by atoms with van der Waals surface area (Å²) in [6.07, 6.45) is 1.80. The van der Waals surface area contributed by atoms with Crippen molar-refractivity contribution in [2.24, 2.45) is 5.92 Å². The van der Waals surface area contributed by atoms with Crippen LogP contribution in [0.15, 0.2) is 25.6 Å². The van der Waals surface area contributed by atoms with Gasteiger partial charge in [0.1, 0.15) is 6.04 Å². The maximum atomic E-state index is 12.0. The second-order valence-corrected chi connectivity index (χ2v) is 7.45. The minimum Gasteiger partial charge on any atom is -0.480 e. The minimum absolute atomic E-state index is 0.0393. The SMILES string of the molecule is O=C(CNC(C(=O)O)C1CC1)Nc1c(Br)cc(Br)cc1Br. The third-order valence-electron chi connectivity index (χ3n) is 3.11. The van der Waals surface area contributed by atoms with Crippen LogP contribution in [0.3, 0.4) is 0 Å². The van der Waals surface area contributed by atoms with Gasteiger partial charge in [0.25, 0.3) is 0 Å². The molecule has 5 nitrogen and oxygen atoms in total. The summed E-state index contributed by atoms with van der Waals surface area (Å²) in [4.78, 5) is 23.0. The third-order valence-corrected chi connectivity index (χ3v) is 4.82. The van der Waals surface area contributed by atoms with E-state index in [4.69, 9.17) is 5.11 Å². The van der Waals surface area contributed by atoms with Gasteiger partial charge in [-0.25, -0.2) is 0 Å². The van der Waals surface area contributed by atoms with Gasteiger partial charge in [-0.05, 0) is 62.8 Å². The number of rotatable bonds is 6. The van der Waals surface area contributed by atoms with Crippen molar-refractivity contribution < 1.29 is 14.7 Å². The fraction of sp³-hybridized carbons (Fsp3) is 0.385. The number of halogens is 3. The van der Waals surface area contributed by atoms with Crippen molar-refractivity contribution in [2.75, 3.05) is 11.9 Å². The Morgan fingerprint density at radius 2 is 1.81 bits per heavy atom. The van der Waals surface area contributed by atoms with Gasteiger partial charge < -0.3 is 10.4 Å². The summed E-state index contributed by atoms with van der Waals surface area (Å²) >= 11 is 10.1. The largest absolute Gasteiger partial charge is 0.480 e. The maximum absolute atomic E-state index is 12.0. The molecule has 1 aliphatic rings. The second kappa shape index (κ2) is 7.21. The van der Waals surface area contributed by atoms with E-state index in [1.54, 1.807) is 0 Å². The lowest BCUT2D eigenvalue weighted by Gasteiger charge is -2.14. The highest BCUT2D eigenvalue weighted by atomic mass is 79.9. The third kappa shape index (κ3) is 4.77. The molecule has 0 saturated heterocycles. The van der Waals surface area contributed by atoms with Gasteiger partial charge in [0, 0.05) is 13.4 Å². The fourth-order valence-corrected chi connectivity index (χ4v) is 4.39. The van der Waals surface area contributed by atoms with E-state index in [0.717, 1.165) is 26.3 Å². The number of aliphatic carboxylic acids is 1. The van der Waals surface area contributed by atoms with Crippen molar-refractivity contribution >= 4 is 65.4 Å². The summed E-state index contributed by atoms with van der Waals surface area (Å²) in [5, 5.41) is 14.6. The van der Waals surface area contributed by atoms with E-state index in [1.165, 1.54) is 0 Å². The molecule has 0 radical (unpaired) electrons. The molecule has 1 atom stereocenters. The highest BCUT2D eigenvalue weighted by molar-refractivity contribution is 9.11. The molecule has 1 unspecified atom stereocenters. The number of carboxylic acids is 1. The number of carboxylic acid groups (broad SMARTS) is 1. The Labute approximate surface area is 147 Å². The van der Waals surface area contributed by atoms with Crippen LogP contribution < -0.4 is 10.6 Å². The molecule has 0 spiro atoms. The molecule has 0 aromatic heterocycles. The molecule has 1 amide bonds. The number of carbonyl (C=O) groups excluding carboxylic acids is 1. The summed E-state index contributed by atoms with van der Waals surface area (Å²) < 4.78 is 2.33. The van der Waals surface area contributed by atoms with Crippen molar-refractivity contribution in [3.63, 3.8) is 0 Å². The molecular formula is C13H13Br3N2O3. The molecule has 8 heteroatoms. The Kier molecular flexibility index (Phi) is 5.81. The zero-order chi connectivity index (χ0) is 15.6. The molecule has 114 valence electrons. The number of amides is 1. The summed E-state index contributed by atoms with van der Waals surface area (Å²) in [6.45, 7) is -0.0393. The van der Waals surface area contributed by atoms with E-state index >= 15 is 0 Å². The molecule has 21 heavy (non-hydrogen) atoms. The quantitative estimate of drug-likeness (QED) is 0.578. The smallest absolute Gasteiger partial charge is 0.320 e. The lowest BCUT2D eigenvalue weighted by atomic mass is 10.2. The number of hydrogen-bond acceptors (Lipinski definition) is 3. The van der Waals surface area contributed by atoms with Crippen LogP contribution in [0.4, 0.5) is 5.69 Å². The number of hydrogen-bond donors (Lipinski definition) is 3. The first-order valence-electron chi connectivity index (χ1n) is 6.29. The second-order valence-electron chi connectivity index (χ2n) is 4.83. The van der Waals surface area contributed by atoms with Gasteiger partial charge in [-0.2, -0.15) is 0 Å². The van der Waals surface area contributed by atoms with Crippen LogP contribution in [0.1, 0.15) is 12.8 Å². The summed E-state index contributed by atoms with van der Waals surface area (Å²) in [7, 11) is 0. The fourth-order valence-electron chi connectivity index (χ4n) is 1.93. The zero-order valence-electron chi connectivity index (χ0n) is 10.8. The van der Waals surface area contributed by atoms with Gasteiger partial charge in [0.15, 0.2) is 0 Å². The predicted octanol–water partition coefficient (Wildman–Crippen LogP) is 3.37. The molecule has 2 rings (SSSR count). The summed E-state index contributed by atoms with van der Waals surface area (Å²) in [5.74, 6) is -1.05. The zero-order valence-corrected chi connectivity index (χ0v) is 15.6. The van der Waals surface area contributed by atoms with Crippen LogP contribution in [-0.4, -0.2) is 29.6 Å². The monoisotopic (exact) mass is 482 g/mol. The molecule has 3 N–H and O–H groups in total. The van der Waals surface area contributed by atoms with Gasteiger partial charge in [0.05, 0.1) is 12.2 Å². The topological polar surface area (TPSA) is 78.4 Å². The van der Waals surface area contributed by atoms with Crippen LogP contribution in [0.5, 0.6) is 0 Å². The molecule has 0 heterocycles. The number of benzene rings is 1. The van der Waals surface area contributed by atoms with Crippen molar-refractivity contribution in [1.29, 1.82) is 0 Å². The molecule has 1 fully saturated rings. The molecule has 1 aliphatic carbocycles. The van der Waals surface area contributed by atoms with Crippen LogP contribution in [-0.2, 0) is 9.59 Å². The highest BCUT2D eigenvalue weighted by Gasteiger charge is 2.36. The van der Waals surface area contributed by atoms with Gasteiger partial charge >= 0.3 is 5.97 Å². The van der Waals surface area contributed by atoms with Crippen molar-refractivity contribution in [2.45, 2.75) is 18.9 Å². The van der Waals surface area contributed by atoms with Crippen molar-refractivity contribution in [3.05, 3.63) is 25.6 Å². The molecular weight excluding hydrogens is 472 g/mol. The first-order chi connectivity index (χ1) is 9.88. The average molecular weight is 485 g/mol. The summed E-state index contributed by atoms with van der Waals surface area (Å²) in [5.41, 5.74) is 0.614. The Bertz CT molecular complexity index is 553.